The summed E-state index contributed by atoms with van der Waals surface area (Å²) in [6.07, 6.45) is 5.81. The fourth-order valence-electron chi connectivity index (χ4n) is 4.98. The minimum atomic E-state index is -1.81. The van der Waals surface area contributed by atoms with Gasteiger partial charge >= 0.3 is 12.8 Å². The molecular formula is C28H33BBrF3N2O5. The number of rotatable bonds is 7. The average Bonchev–Trinajstić information content (AvgIpc) is 2.94. The van der Waals surface area contributed by atoms with Crippen LogP contribution in [0.2, 0.25) is 0 Å². The Balaban J connectivity index is 0.000000307. The van der Waals surface area contributed by atoms with E-state index in [4.69, 9.17) is 10.0 Å². The highest BCUT2D eigenvalue weighted by atomic mass is 79.9. The van der Waals surface area contributed by atoms with E-state index < -0.39 is 35.8 Å². The quantitative estimate of drug-likeness (QED) is 0.386. The molecule has 3 aromatic rings. The summed E-state index contributed by atoms with van der Waals surface area (Å²) >= 11 is 3.27. The smallest absolute Gasteiger partial charge is 0.491 e. The van der Waals surface area contributed by atoms with Gasteiger partial charge in [-0.3, -0.25) is 13.9 Å². The lowest BCUT2D eigenvalue weighted by molar-refractivity contribution is 0.235. The summed E-state index contributed by atoms with van der Waals surface area (Å²) < 4.78 is 48.6. The third kappa shape index (κ3) is 7.27. The van der Waals surface area contributed by atoms with Gasteiger partial charge in [0.2, 0.25) is 0 Å². The molecule has 12 heteroatoms. The summed E-state index contributed by atoms with van der Waals surface area (Å²) in [5.41, 5.74) is -0.940. The van der Waals surface area contributed by atoms with Crippen molar-refractivity contribution in [2.24, 2.45) is 11.8 Å². The Labute approximate surface area is 239 Å². The SMILES string of the molecule is COc1cccc(B(O)O)c1F.Cc1c(Br)c(=O)n(C[C@H](C)C2CCCCC2)c(=O)n1Cc1c(F)cccc1F. The van der Waals surface area contributed by atoms with Crippen molar-refractivity contribution in [1.29, 1.82) is 0 Å². The zero-order chi connectivity index (χ0) is 29.6. The summed E-state index contributed by atoms with van der Waals surface area (Å²) in [5, 5.41) is 17.4. The fourth-order valence-corrected chi connectivity index (χ4v) is 5.41. The van der Waals surface area contributed by atoms with Crippen LogP contribution in [0.15, 0.2) is 50.5 Å². The Morgan fingerprint density at radius 1 is 1.02 bits per heavy atom. The van der Waals surface area contributed by atoms with Gasteiger partial charge in [0.15, 0.2) is 11.6 Å². The third-order valence-electron chi connectivity index (χ3n) is 7.41. The molecule has 1 fully saturated rings. The molecule has 0 amide bonds. The number of aromatic nitrogens is 2. The van der Waals surface area contributed by atoms with Crippen LogP contribution in [0, 0.1) is 36.2 Å². The lowest BCUT2D eigenvalue weighted by atomic mass is 9.80. The zero-order valence-corrected chi connectivity index (χ0v) is 24.3. The van der Waals surface area contributed by atoms with Crippen molar-refractivity contribution in [3.63, 3.8) is 0 Å². The molecule has 0 aliphatic heterocycles. The van der Waals surface area contributed by atoms with Crippen LogP contribution in [-0.4, -0.2) is 33.4 Å². The molecule has 0 radical (unpaired) electrons. The topological polar surface area (TPSA) is 93.7 Å². The van der Waals surface area contributed by atoms with Crippen molar-refractivity contribution in [3.05, 3.63) is 90.4 Å². The molecule has 7 nitrogen and oxygen atoms in total. The molecule has 2 aromatic carbocycles. The second-order valence-electron chi connectivity index (χ2n) is 10.00. The lowest BCUT2D eigenvalue weighted by Crippen LogP contribution is -2.43. The van der Waals surface area contributed by atoms with Gasteiger partial charge in [0.25, 0.3) is 5.56 Å². The molecule has 1 atom stereocenters. The number of hydrogen-bond acceptors (Lipinski definition) is 5. The van der Waals surface area contributed by atoms with Crippen LogP contribution < -0.4 is 21.4 Å². The summed E-state index contributed by atoms with van der Waals surface area (Å²) in [6.45, 7) is 3.71. The van der Waals surface area contributed by atoms with Gasteiger partial charge in [-0.15, -0.1) is 0 Å². The van der Waals surface area contributed by atoms with Gasteiger partial charge in [-0.2, -0.15) is 0 Å². The van der Waals surface area contributed by atoms with E-state index in [0.29, 0.717) is 18.2 Å². The van der Waals surface area contributed by atoms with Crippen molar-refractivity contribution in [2.45, 2.75) is 59.0 Å². The van der Waals surface area contributed by atoms with E-state index in [1.807, 2.05) is 0 Å². The van der Waals surface area contributed by atoms with Gasteiger partial charge in [0.05, 0.1) is 13.7 Å². The Hall–Kier alpha value is -2.83. The molecule has 1 saturated carbocycles. The van der Waals surface area contributed by atoms with E-state index in [-0.39, 0.29) is 33.7 Å². The molecule has 1 aromatic heterocycles. The van der Waals surface area contributed by atoms with Crippen LogP contribution in [-0.2, 0) is 13.1 Å². The molecule has 0 bridgehead atoms. The Morgan fingerprint density at radius 3 is 2.20 bits per heavy atom. The number of benzene rings is 2. The van der Waals surface area contributed by atoms with Crippen LogP contribution in [0.5, 0.6) is 5.75 Å². The molecule has 40 heavy (non-hydrogen) atoms. The normalized spacial score (nSPS) is 14.3. The molecule has 1 heterocycles. The van der Waals surface area contributed by atoms with Gasteiger partial charge in [0.1, 0.15) is 16.1 Å². The van der Waals surface area contributed by atoms with E-state index in [1.165, 1.54) is 59.8 Å². The first-order valence-corrected chi connectivity index (χ1v) is 13.9. The number of ether oxygens (including phenoxy) is 1. The maximum absolute atomic E-state index is 14.1. The summed E-state index contributed by atoms with van der Waals surface area (Å²) in [4.78, 5) is 25.8. The number of halogens is 4. The maximum atomic E-state index is 14.1. The van der Waals surface area contributed by atoms with Crippen LogP contribution >= 0.6 is 15.9 Å². The van der Waals surface area contributed by atoms with Crippen LogP contribution in [0.1, 0.15) is 50.3 Å². The van der Waals surface area contributed by atoms with E-state index in [2.05, 4.69) is 27.6 Å². The van der Waals surface area contributed by atoms with Crippen LogP contribution in [0.4, 0.5) is 13.2 Å². The van der Waals surface area contributed by atoms with Crippen LogP contribution in [0.25, 0.3) is 0 Å². The van der Waals surface area contributed by atoms with Crippen molar-refractivity contribution in [3.8, 4) is 5.75 Å². The standard InChI is InChI=1S/C21H25BrF2N2O2.C7H8BFO3/c1-13(15-7-4-3-5-8-15)11-26-20(27)19(22)14(2)25(21(26)28)12-16-17(23)9-6-10-18(16)24;1-12-6-4-2-3-5(7(6)9)8(10)11/h6,9-10,13,15H,3-5,7-8,11-12H2,1-2H3;2-4,10-11H,1H3/t13-;/m0./s1. The van der Waals surface area contributed by atoms with E-state index in [9.17, 15) is 22.8 Å². The molecule has 1 aliphatic carbocycles. The predicted octanol–water partition coefficient (Wildman–Crippen LogP) is 4.14. The second-order valence-corrected chi connectivity index (χ2v) is 10.8. The first-order chi connectivity index (χ1) is 19.0. The zero-order valence-electron chi connectivity index (χ0n) is 22.7. The molecule has 4 rings (SSSR count). The maximum Gasteiger partial charge on any atom is 0.491 e. The van der Waals surface area contributed by atoms with Crippen LogP contribution in [0.3, 0.4) is 0 Å². The Bertz CT molecular complexity index is 1420. The fraction of sp³-hybridized carbons (Fsp3) is 0.429. The highest BCUT2D eigenvalue weighted by Gasteiger charge is 2.24. The largest absolute Gasteiger partial charge is 0.494 e. The molecule has 216 valence electrons. The van der Waals surface area contributed by atoms with Crippen molar-refractivity contribution >= 4 is 28.5 Å². The molecular weight excluding hydrogens is 592 g/mol. The highest BCUT2D eigenvalue weighted by Crippen LogP contribution is 2.30. The first kappa shape index (κ1) is 31.7. The van der Waals surface area contributed by atoms with Gasteiger partial charge in [0, 0.05) is 23.3 Å². The van der Waals surface area contributed by atoms with Gasteiger partial charge in [-0.1, -0.05) is 57.2 Å². The van der Waals surface area contributed by atoms with Gasteiger partial charge in [-0.05, 0) is 52.9 Å². The highest BCUT2D eigenvalue weighted by molar-refractivity contribution is 9.10. The van der Waals surface area contributed by atoms with E-state index in [1.54, 1.807) is 6.92 Å². The Morgan fingerprint density at radius 2 is 1.62 bits per heavy atom. The van der Waals surface area contributed by atoms with E-state index >= 15 is 0 Å². The number of hydrogen-bond donors (Lipinski definition) is 2. The molecule has 0 spiro atoms. The third-order valence-corrected chi connectivity index (χ3v) is 8.32. The summed E-state index contributed by atoms with van der Waals surface area (Å²) in [7, 11) is -0.494. The molecule has 1 aliphatic rings. The summed E-state index contributed by atoms with van der Waals surface area (Å²) in [5.74, 6) is -1.50. The average molecular weight is 625 g/mol. The lowest BCUT2D eigenvalue weighted by Gasteiger charge is -2.28. The molecule has 0 unspecified atom stereocenters. The van der Waals surface area contributed by atoms with Gasteiger partial charge in [-0.25, -0.2) is 18.0 Å². The van der Waals surface area contributed by atoms with Crippen molar-refractivity contribution in [1.82, 2.24) is 9.13 Å². The number of nitrogens with zero attached hydrogens (tertiary/aromatic N) is 2. The summed E-state index contributed by atoms with van der Waals surface area (Å²) in [6, 6.07) is 7.77. The van der Waals surface area contributed by atoms with Crippen molar-refractivity contribution < 1.29 is 28.0 Å². The van der Waals surface area contributed by atoms with Gasteiger partial charge < -0.3 is 14.8 Å². The predicted molar refractivity (Wildman–Crippen MR) is 151 cm³/mol. The monoisotopic (exact) mass is 624 g/mol. The minimum absolute atomic E-state index is 0.000556. The van der Waals surface area contributed by atoms with Crippen molar-refractivity contribution in [2.75, 3.05) is 7.11 Å². The second kappa shape index (κ2) is 14.2. The first-order valence-electron chi connectivity index (χ1n) is 13.1. The molecule has 2 N–H and O–H groups in total. The number of methoxy groups -OCH3 is 1. The Kier molecular flexibility index (Phi) is 11.2. The molecule has 0 saturated heterocycles. The van der Waals surface area contributed by atoms with E-state index in [0.717, 1.165) is 25.0 Å². The minimum Gasteiger partial charge on any atom is -0.494 e.